The lowest BCUT2D eigenvalue weighted by Crippen LogP contribution is -2.04. The van der Waals surface area contributed by atoms with E-state index in [0.717, 1.165) is 11.0 Å². The molecule has 3 aromatic rings. The van der Waals surface area contributed by atoms with E-state index >= 15 is 0 Å². The molecule has 3 nitrogen and oxygen atoms in total. The minimum atomic E-state index is -0.877. The number of aromatic nitrogens is 2. The summed E-state index contributed by atoms with van der Waals surface area (Å²) >= 11 is 0. The molecule has 0 radical (unpaired) electrons. The molecule has 2 aromatic carbocycles. The molecule has 1 heterocycles. The van der Waals surface area contributed by atoms with Crippen LogP contribution in [0.4, 0.5) is 4.39 Å². The van der Waals surface area contributed by atoms with Gasteiger partial charge in [0.05, 0.1) is 22.8 Å². The molecule has 0 aliphatic heterocycles. The Bertz CT molecular complexity index is 734. The van der Waals surface area contributed by atoms with Gasteiger partial charge in [-0.25, -0.2) is 9.37 Å². The molecule has 0 amide bonds. The van der Waals surface area contributed by atoms with Gasteiger partial charge in [0, 0.05) is 5.56 Å². The smallest absolute Gasteiger partial charge is 0.131 e. The van der Waals surface area contributed by atoms with E-state index in [9.17, 15) is 9.50 Å². The van der Waals surface area contributed by atoms with Crippen LogP contribution in [0.15, 0.2) is 48.8 Å². The zero-order valence-corrected chi connectivity index (χ0v) is 10.4. The summed E-state index contributed by atoms with van der Waals surface area (Å²) in [5.41, 5.74) is 2.62. The van der Waals surface area contributed by atoms with E-state index in [4.69, 9.17) is 0 Å². The van der Waals surface area contributed by atoms with Gasteiger partial charge in [-0.15, -0.1) is 0 Å². The first-order chi connectivity index (χ1) is 9.18. The van der Waals surface area contributed by atoms with Gasteiger partial charge in [0.25, 0.3) is 0 Å². The summed E-state index contributed by atoms with van der Waals surface area (Å²) in [6.07, 6.45) is 0.767. The first kappa shape index (κ1) is 11.9. The molecule has 1 atom stereocenters. The van der Waals surface area contributed by atoms with Crippen molar-refractivity contribution in [1.29, 1.82) is 0 Å². The largest absolute Gasteiger partial charge is 0.389 e. The minimum Gasteiger partial charge on any atom is -0.389 e. The number of fused-ring (bicyclic) bond motifs is 1. The second-order valence-electron chi connectivity index (χ2n) is 4.45. The number of aliphatic hydroxyl groups is 1. The van der Waals surface area contributed by atoms with Crippen molar-refractivity contribution in [3.63, 3.8) is 0 Å². The zero-order valence-electron chi connectivity index (χ0n) is 10.4. The molecule has 1 N–H and O–H groups in total. The predicted octanol–water partition coefficient (Wildman–Crippen LogP) is 3.22. The summed E-state index contributed by atoms with van der Waals surface area (Å²) in [4.78, 5) is 4.28. The number of aliphatic hydroxyl groups excluding tert-OH is 1. The number of para-hydroxylation sites is 2. The van der Waals surface area contributed by atoms with E-state index in [0.29, 0.717) is 5.69 Å². The second kappa shape index (κ2) is 4.48. The molecule has 19 heavy (non-hydrogen) atoms. The molecule has 0 bridgehead atoms. The van der Waals surface area contributed by atoms with E-state index in [-0.39, 0.29) is 5.56 Å². The number of benzene rings is 2. The first-order valence-corrected chi connectivity index (χ1v) is 6.07. The number of hydrogen-bond acceptors (Lipinski definition) is 2. The highest BCUT2D eigenvalue weighted by atomic mass is 19.1. The third-order valence-corrected chi connectivity index (χ3v) is 3.16. The van der Waals surface area contributed by atoms with E-state index in [1.165, 1.54) is 6.07 Å². The maximum absolute atomic E-state index is 13.9. The number of halogens is 1. The average Bonchev–Trinajstić information content (AvgIpc) is 2.81. The van der Waals surface area contributed by atoms with Crippen LogP contribution < -0.4 is 0 Å². The van der Waals surface area contributed by atoms with E-state index in [1.54, 1.807) is 30.0 Å². The van der Waals surface area contributed by atoms with Gasteiger partial charge in [-0.1, -0.05) is 18.2 Å². The third-order valence-electron chi connectivity index (χ3n) is 3.16. The van der Waals surface area contributed by atoms with Crippen LogP contribution in [0.3, 0.4) is 0 Å². The lowest BCUT2D eigenvalue weighted by molar-refractivity contribution is 0.194. The van der Waals surface area contributed by atoms with E-state index in [1.807, 2.05) is 24.3 Å². The van der Waals surface area contributed by atoms with Crippen LogP contribution in [0, 0.1) is 5.82 Å². The molecule has 1 aromatic heterocycles. The Morgan fingerprint density at radius 2 is 1.95 bits per heavy atom. The van der Waals surface area contributed by atoms with Crippen molar-refractivity contribution in [1.82, 2.24) is 9.55 Å². The van der Waals surface area contributed by atoms with Gasteiger partial charge in [-0.2, -0.15) is 0 Å². The van der Waals surface area contributed by atoms with Gasteiger partial charge in [0.2, 0.25) is 0 Å². The van der Waals surface area contributed by atoms with Gasteiger partial charge in [-0.05, 0) is 31.2 Å². The number of imidazole rings is 1. The molecule has 4 heteroatoms. The fourth-order valence-electron chi connectivity index (χ4n) is 2.30. The van der Waals surface area contributed by atoms with Gasteiger partial charge < -0.3 is 5.11 Å². The average molecular weight is 256 g/mol. The van der Waals surface area contributed by atoms with E-state index in [2.05, 4.69) is 4.98 Å². The second-order valence-corrected chi connectivity index (χ2v) is 4.45. The van der Waals surface area contributed by atoms with Crippen molar-refractivity contribution in [3.05, 3.63) is 60.2 Å². The molecule has 0 fully saturated rings. The Hall–Kier alpha value is -2.20. The van der Waals surface area contributed by atoms with Crippen LogP contribution in [0.5, 0.6) is 0 Å². The summed E-state index contributed by atoms with van der Waals surface area (Å²) in [5, 5.41) is 9.78. The van der Waals surface area contributed by atoms with Gasteiger partial charge in [-0.3, -0.25) is 4.57 Å². The molecule has 1 unspecified atom stereocenters. The van der Waals surface area contributed by atoms with Crippen molar-refractivity contribution in [2.24, 2.45) is 0 Å². The summed E-state index contributed by atoms with van der Waals surface area (Å²) in [6, 6.07) is 12.4. The summed E-state index contributed by atoms with van der Waals surface area (Å²) in [7, 11) is 0. The van der Waals surface area contributed by atoms with Gasteiger partial charge in [0.15, 0.2) is 0 Å². The number of nitrogens with zero attached hydrogens (tertiary/aromatic N) is 2. The van der Waals surface area contributed by atoms with Crippen LogP contribution in [-0.2, 0) is 0 Å². The third kappa shape index (κ3) is 1.90. The molecule has 96 valence electrons. The lowest BCUT2D eigenvalue weighted by atomic mass is 10.1. The summed E-state index contributed by atoms with van der Waals surface area (Å²) in [5.74, 6) is -0.412. The monoisotopic (exact) mass is 256 g/mol. The molecule has 0 saturated heterocycles. The Morgan fingerprint density at radius 1 is 1.16 bits per heavy atom. The Balaban J connectivity index is 2.30. The Labute approximate surface area is 109 Å². The molecule has 0 aliphatic rings. The highest BCUT2D eigenvalue weighted by Gasteiger charge is 2.16. The number of hydrogen-bond donors (Lipinski definition) is 1. The maximum atomic E-state index is 13.9. The topological polar surface area (TPSA) is 38.0 Å². The van der Waals surface area contributed by atoms with Gasteiger partial charge in [0.1, 0.15) is 12.1 Å². The molecular formula is C15H13FN2O. The van der Waals surface area contributed by atoms with Crippen molar-refractivity contribution in [3.8, 4) is 5.69 Å². The SMILES string of the molecule is CC(O)c1c(F)cccc1-n1cnc2ccccc21. The van der Waals surface area contributed by atoms with Crippen molar-refractivity contribution in [2.75, 3.05) is 0 Å². The summed E-state index contributed by atoms with van der Waals surface area (Å²) < 4.78 is 15.7. The van der Waals surface area contributed by atoms with Crippen LogP contribution >= 0.6 is 0 Å². The highest BCUT2D eigenvalue weighted by Crippen LogP contribution is 2.27. The molecule has 0 saturated carbocycles. The normalized spacial score (nSPS) is 12.8. The molecule has 0 aliphatic carbocycles. The van der Waals surface area contributed by atoms with Crippen molar-refractivity contribution < 1.29 is 9.50 Å². The van der Waals surface area contributed by atoms with Crippen LogP contribution in [0.25, 0.3) is 16.7 Å². The zero-order chi connectivity index (χ0) is 13.4. The minimum absolute atomic E-state index is 0.283. The van der Waals surface area contributed by atoms with Crippen molar-refractivity contribution in [2.45, 2.75) is 13.0 Å². The fourth-order valence-corrected chi connectivity index (χ4v) is 2.30. The molecular weight excluding hydrogens is 243 g/mol. The Kier molecular flexibility index (Phi) is 2.80. The molecule has 0 spiro atoms. The van der Waals surface area contributed by atoms with Crippen LogP contribution in [0.1, 0.15) is 18.6 Å². The maximum Gasteiger partial charge on any atom is 0.131 e. The highest BCUT2D eigenvalue weighted by molar-refractivity contribution is 5.77. The van der Waals surface area contributed by atoms with Crippen molar-refractivity contribution >= 4 is 11.0 Å². The van der Waals surface area contributed by atoms with Crippen LogP contribution in [-0.4, -0.2) is 14.7 Å². The standard InChI is InChI=1S/C15H13FN2O/c1-10(19)15-11(16)5-4-8-14(15)18-9-17-12-6-2-3-7-13(12)18/h2-10,19H,1H3. The predicted molar refractivity (Wildman–Crippen MR) is 71.7 cm³/mol. The molecule has 3 rings (SSSR count). The quantitative estimate of drug-likeness (QED) is 0.764. The van der Waals surface area contributed by atoms with Gasteiger partial charge >= 0.3 is 0 Å². The fraction of sp³-hybridized carbons (Fsp3) is 0.133. The van der Waals surface area contributed by atoms with Crippen LogP contribution in [0.2, 0.25) is 0 Å². The lowest BCUT2D eigenvalue weighted by Gasteiger charge is -2.14. The van der Waals surface area contributed by atoms with E-state index < -0.39 is 11.9 Å². The first-order valence-electron chi connectivity index (χ1n) is 6.07. The summed E-state index contributed by atoms with van der Waals surface area (Å²) in [6.45, 7) is 1.56. The number of rotatable bonds is 2. The Morgan fingerprint density at radius 3 is 2.74 bits per heavy atom.